The smallest absolute Gasteiger partial charge is 0.0568 e. The maximum atomic E-state index is 6.24. The van der Waals surface area contributed by atoms with Gasteiger partial charge in [-0.3, -0.25) is 0 Å². The van der Waals surface area contributed by atoms with E-state index in [9.17, 15) is 0 Å². The van der Waals surface area contributed by atoms with Crippen molar-refractivity contribution < 1.29 is 0 Å². The van der Waals surface area contributed by atoms with Crippen molar-refractivity contribution in [3.05, 3.63) is 72.1 Å². The van der Waals surface area contributed by atoms with Crippen LogP contribution in [-0.2, 0) is 0 Å². The molecule has 1 unspecified atom stereocenters. The molecule has 3 heteroatoms. The van der Waals surface area contributed by atoms with Gasteiger partial charge in [0.05, 0.1) is 12.2 Å². The van der Waals surface area contributed by atoms with Crippen molar-refractivity contribution in [3.63, 3.8) is 0 Å². The van der Waals surface area contributed by atoms with E-state index in [2.05, 4.69) is 40.5 Å². The Kier molecular flexibility index (Phi) is 2.74. The van der Waals surface area contributed by atoms with Crippen molar-refractivity contribution in [2.75, 3.05) is 0 Å². The lowest BCUT2D eigenvalue weighted by molar-refractivity contribution is 0.847. The van der Waals surface area contributed by atoms with E-state index in [0.717, 1.165) is 11.1 Å². The van der Waals surface area contributed by atoms with Crippen molar-refractivity contribution in [2.45, 2.75) is 6.04 Å². The van der Waals surface area contributed by atoms with Gasteiger partial charge in [-0.05, 0) is 34.0 Å². The van der Waals surface area contributed by atoms with Crippen LogP contribution in [0.1, 0.15) is 17.2 Å². The van der Waals surface area contributed by atoms with Crippen molar-refractivity contribution in [1.29, 1.82) is 0 Å². The summed E-state index contributed by atoms with van der Waals surface area (Å²) in [6.45, 7) is 0. The minimum Gasteiger partial charge on any atom is -0.320 e. The lowest BCUT2D eigenvalue weighted by Gasteiger charge is -2.12. The Morgan fingerprint density at radius 3 is 2.44 bits per heavy atom. The van der Waals surface area contributed by atoms with Crippen LogP contribution in [0.15, 0.2) is 60.9 Å². The molecule has 18 heavy (non-hydrogen) atoms. The molecule has 0 saturated heterocycles. The summed E-state index contributed by atoms with van der Waals surface area (Å²) in [5, 5.41) is 10.1. The van der Waals surface area contributed by atoms with E-state index in [1.54, 1.807) is 12.4 Å². The third-order valence-electron chi connectivity index (χ3n) is 3.10. The highest BCUT2D eigenvalue weighted by Crippen LogP contribution is 2.22. The number of nitrogens with zero attached hydrogens (tertiary/aromatic N) is 2. The van der Waals surface area contributed by atoms with E-state index in [4.69, 9.17) is 5.73 Å². The third-order valence-corrected chi connectivity index (χ3v) is 3.10. The maximum Gasteiger partial charge on any atom is 0.0568 e. The van der Waals surface area contributed by atoms with Crippen LogP contribution >= 0.6 is 0 Å². The zero-order valence-corrected chi connectivity index (χ0v) is 9.82. The lowest BCUT2D eigenvalue weighted by Crippen LogP contribution is -2.12. The summed E-state index contributed by atoms with van der Waals surface area (Å²) in [5.41, 5.74) is 8.30. The fourth-order valence-electron chi connectivity index (χ4n) is 2.08. The van der Waals surface area contributed by atoms with Gasteiger partial charge in [-0.15, -0.1) is 0 Å². The van der Waals surface area contributed by atoms with Crippen molar-refractivity contribution >= 4 is 10.8 Å². The molecule has 0 saturated carbocycles. The molecule has 0 aliphatic rings. The zero-order chi connectivity index (χ0) is 12.4. The first-order valence-corrected chi connectivity index (χ1v) is 5.85. The van der Waals surface area contributed by atoms with E-state index in [1.165, 1.54) is 10.8 Å². The molecule has 0 aliphatic carbocycles. The standard InChI is InChI=1S/C15H13N3/c16-15(14-7-8-17-18-10-14)13-6-5-11-3-1-2-4-12(11)9-13/h1-10,15H,16H2. The molecule has 0 aliphatic heterocycles. The van der Waals surface area contributed by atoms with Crippen LogP contribution in [-0.4, -0.2) is 10.2 Å². The monoisotopic (exact) mass is 235 g/mol. The molecule has 3 aromatic rings. The molecular weight excluding hydrogens is 222 g/mol. The summed E-state index contributed by atoms with van der Waals surface area (Å²) in [6.07, 6.45) is 3.37. The Hall–Kier alpha value is -2.26. The number of aromatic nitrogens is 2. The second kappa shape index (κ2) is 4.55. The van der Waals surface area contributed by atoms with Gasteiger partial charge in [0, 0.05) is 6.20 Å². The Balaban J connectivity index is 2.04. The van der Waals surface area contributed by atoms with Gasteiger partial charge in [0.1, 0.15) is 0 Å². The van der Waals surface area contributed by atoms with Crippen LogP contribution in [0.2, 0.25) is 0 Å². The van der Waals surface area contributed by atoms with E-state index >= 15 is 0 Å². The van der Waals surface area contributed by atoms with Crippen LogP contribution in [0, 0.1) is 0 Å². The van der Waals surface area contributed by atoms with Gasteiger partial charge >= 0.3 is 0 Å². The first-order valence-electron chi connectivity index (χ1n) is 5.85. The van der Waals surface area contributed by atoms with Crippen LogP contribution in [0.25, 0.3) is 10.8 Å². The Labute approximate surface area is 105 Å². The molecule has 0 bridgehead atoms. The fourth-order valence-corrected chi connectivity index (χ4v) is 2.08. The van der Waals surface area contributed by atoms with Gasteiger partial charge in [-0.1, -0.05) is 36.4 Å². The fraction of sp³-hybridized carbons (Fsp3) is 0.0667. The minimum atomic E-state index is -0.162. The van der Waals surface area contributed by atoms with Gasteiger partial charge in [-0.2, -0.15) is 10.2 Å². The minimum absolute atomic E-state index is 0.162. The Morgan fingerprint density at radius 2 is 1.67 bits per heavy atom. The molecule has 0 amide bonds. The average Bonchev–Trinajstić information content (AvgIpc) is 2.47. The molecule has 2 N–H and O–H groups in total. The highest BCUT2D eigenvalue weighted by Gasteiger charge is 2.09. The highest BCUT2D eigenvalue weighted by molar-refractivity contribution is 5.83. The Morgan fingerprint density at radius 1 is 0.833 bits per heavy atom. The van der Waals surface area contributed by atoms with E-state index in [0.29, 0.717) is 0 Å². The second-order valence-corrected chi connectivity index (χ2v) is 4.26. The summed E-state index contributed by atoms with van der Waals surface area (Å²) in [7, 11) is 0. The number of rotatable bonds is 2. The summed E-state index contributed by atoms with van der Waals surface area (Å²) >= 11 is 0. The average molecular weight is 235 g/mol. The van der Waals surface area contributed by atoms with E-state index in [-0.39, 0.29) is 6.04 Å². The molecule has 0 spiro atoms. The summed E-state index contributed by atoms with van der Waals surface area (Å²) in [6, 6.07) is 16.3. The molecule has 2 aromatic carbocycles. The first-order chi connectivity index (χ1) is 8.84. The van der Waals surface area contributed by atoms with Crippen molar-refractivity contribution in [2.24, 2.45) is 5.73 Å². The molecule has 1 heterocycles. The molecule has 3 rings (SSSR count). The molecular formula is C15H13N3. The van der Waals surface area contributed by atoms with E-state index in [1.807, 2.05) is 18.2 Å². The van der Waals surface area contributed by atoms with Crippen LogP contribution < -0.4 is 5.73 Å². The zero-order valence-electron chi connectivity index (χ0n) is 9.82. The molecule has 1 atom stereocenters. The number of fused-ring (bicyclic) bond motifs is 1. The van der Waals surface area contributed by atoms with Crippen molar-refractivity contribution in [1.82, 2.24) is 10.2 Å². The predicted octanol–water partition coefficient (Wildman–Crippen LogP) is 2.68. The summed E-state index contributed by atoms with van der Waals surface area (Å²) in [4.78, 5) is 0. The third kappa shape index (κ3) is 1.96. The molecule has 0 fully saturated rings. The second-order valence-electron chi connectivity index (χ2n) is 4.26. The molecule has 1 aromatic heterocycles. The maximum absolute atomic E-state index is 6.24. The number of nitrogens with two attached hydrogens (primary N) is 1. The van der Waals surface area contributed by atoms with Crippen LogP contribution in [0.4, 0.5) is 0 Å². The topological polar surface area (TPSA) is 51.8 Å². The van der Waals surface area contributed by atoms with Gasteiger partial charge in [0.25, 0.3) is 0 Å². The van der Waals surface area contributed by atoms with Gasteiger partial charge in [0.2, 0.25) is 0 Å². The van der Waals surface area contributed by atoms with Crippen LogP contribution in [0.3, 0.4) is 0 Å². The number of hydrogen-bond donors (Lipinski definition) is 1. The van der Waals surface area contributed by atoms with Crippen molar-refractivity contribution in [3.8, 4) is 0 Å². The largest absolute Gasteiger partial charge is 0.320 e. The Bertz CT molecular complexity index is 665. The predicted molar refractivity (Wildman–Crippen MR) is 72.0 cm³/mol. The van der Waals surface area contributed by atoms with E-state index < -0.39 is 0 Å². The SMILES string of the molecule is NC(c1ccnnc1)c1ccc2ccccc2c1. The number of benzene rings is 2. The lowest BCUT2D eigenvalue weighted by atomic mass is 9.98. The molecule has 0 radical (unpaired) electrons. The van der Waals surface area contributed by atoms with Gasteiger partial charge in [-0.25, -0.2) is 0 Å². The summed E-state index contributed by atoms with van der Waals surface area (Å²) in [5.74, 6) is 0. The highest BCUT2D eigenvalue weighted by atomic mass is 15.1. The normalized spacial score (nSPS) is 12.5. The van der Waals surface area contributed by atoms with Gasteiger partial charge in [0.15, 0.2) is 0 Å². The number of hydrogen-bond acceptors (Lipinski definition) is 3. The first kappa shape index (κ1) is 10.9. The molecule has 88 valence electrons. The van der Waals surface area contributed by atoms with Crippen LogP contribution in [0.5, 0.6) is 0 Å². The quantitative estimate of drug-likeness (QED) is 0.743. The summed E-state index contributed by atoms with van der Waals surface area (Å²) < 4.78 is 0. The molecule has 3 nitrogen and oxygen atoms in total. The van der Waals surface area contributed by atoms with Gasteiger partial charge < -0.3 is 5.73 Å².